The first-order valence-electron chi connectivity index (χ1n) is 39.0. The van der Waals surface area contributed by atoms with Crippen molar-refractivity contribution in [1.82, 2.24) is 58.1 Å². The Morgan fingerprint density at radius 2 is 0.611 bits per heavy atom. The summed E-state index contributed by atoms with van der Waals surface area (Å²) in [7, 11) is 15.9. The highest BCUT2D eigenvalue weighted by Crippen LogP contribution is 2.24. The maximum absolute atomic E-state index is 12.7. The van der Waals surface area contributed by atoms with E-state index in [-0.39, 0.29) is 55.0 Å². The Morgan fingerprint density at radius 1 is 0.325 bits per heavy atom. The number of hydrogen-bond acceptors (Lipinski definition) is 18. The quantitative estimate of drug-likeness (QED) is 0.0477. The lowest BCUT2D eigenvalue weighted by Gasteiger charge is -2.17. The van der Waals surface area contributed by atoms with Gasteiger partial charge in [0, 0.05) is 128 Å². The lowest BCUT2D eigenvalue weighted by Crippen LogP contribution is -2.31. The topological polar surface area (TPSA) is 293 Å². The molecule has 646 valence electrons. The summed E-state index contributed by atoms with van der Waals surface area (Å²) in [5, 5.41) is 8.31. The number of benzene rings is 8. The minimum atomic E-state index is -0.491. The summed E-state index contributed by atoms with van der Waals surface area (Å²) in [6, 6.07) is 70.7. The number of hydrogen-bond donors (Lipinski definition) is 0. The summed E-state index contributed by atoms with van der Waals surface area (Å²) in [6.45, 7) is 4.35. The molecule has 8 aromatic carbocycles. The van der Waals surface area contributed by atoms with Gasteiger partial charge in [-0.3, -0.25) is 77.1 Å². The van der Waals surface area contributed by atoms with Crippen molar-refractivity contribution in [2.45, 2.75) is 39.6 Å². The normalized spacial score (nSPS) is 10.8. The average molecular weight is 1850 g/mol. The fraction of sp³-hybridized carbons (Fsp3) is 0.179. The first-order chi connectivity index (χ1) is 60.6. The molecule has 7 heterocycles. The van der Waals surface area contributed by atoms with Crippen LogP contribution in [0.2, 0.25) is 5.02 Å². The van der Waals surface area contributed by atoms with Crippen LogP contribution in [-0.2, 0) is 56.9 Å². The SMILES string of the molecule is CON(C)C(=O)c1cn(Cc2cccc(Br)c2)c2ccccc2c1=O.CON(C)C(=O)c1cn(Cc2cccc(Br)n2)c2ccccc2c1=O.CON(C)C(=O)c1cn(Cc2cccc(C)n2)c2ccccc2c1=O.CON(C)C(=O)c1cn(Cc2cccc(Cl)c2)c2ccccc2c1=O.COc1ccc(Cn2cc(C(=O)N(C)OC)c(=O)c3ccccc32)cc1. The standard InChI is InChI=1S/C20H20N2O4.C19H17BrN2O3.C19H17ClN2O3.C19H19N3O3.C18H16BrN3O3/c1-21(26-3)20(24)17-13-22(12-14-8-10-15(25-2)11-9-14)18-7-5-4-6-16(18)19(17)23;2*1-21(25-2)19(24)16-12-22(11-13-6-5-7-14(20)10-13)17-9-4-3-8-15(17)18(16)23;1-13-7-6-8-14(20-13)11-22-12-16(19(24)21(2)25-3)18(23)15-9-4-5-10-17(15)22;1-21(25-2)18(24)14-11-22(10-12-6-5-9-16(19)20-12)15-8-4-3-7-13(15)17(14)23/h4-11,13H,12H2,1-3H3;2*3-10,12H,11H2,1-2H3;4-10,12H,11H2,1-3H3;3-9,11H,10H2,1-2H3. The molecule has 0 atom stereocenters. The third kappa shape index (κ3) is 22.3. The Labute approximate surface area is 745 Å². The number of methoxy groups -OCH3 is 1. The van der Waals surface area contributed by atoms with Gasteiger partial charge in [0.1, 0.15) is 38.2 Å². The van der Waals surface area contributed by atoms with Crippen molar-refractivity contribution in [2.75, 3.05) is 77.9 Å². The summed E-state index contributed by atoms with van der Waals surface area (Å²) >= 11 is 12.9. The van der Waals surface area contributed by atoms with Gasteiger partial charge in [-0.15, -0.1) is 0 Å². The number of hydroxylamine groups is 10. The van der Waals surface area contributed by atoms with Crippen molar-refractivity contribution >= 4 is 128 Å². The molecule has 15 rings (SSSR count). The third-order valence-electron chi connectivity index (χ3n) is 20.3. The van der Waals surface area contributed by atoms with Gasteiger partial charge in [0.2, 0.25) is 27.1 Å². The fourth-order valence-corrected chi connectivity index (χ4v) is 14.6. The smallest absolute Gasteiger partial charge is 0.282 e. The Kier molecular flexibility index (Phi) is 31.8. The van der Waals surface area contributed by atoms with Gasteiger partial charge in [0.15, 0.2) is 0 Å². The van der Waals surface area contributed by atoms with Crippen molar-refractivity contribution < 1.29 is 52.9 Å². The molecule has 0 aliphatic carbocycles. The number of carbonyl (C=O) groups is 5. The minimum Gasteiger partial charge on any atom is -0.497 e. The summed E-state index contributed by atoms with van der Waals surface area (Å²) in [4.78, 5) is 160. The molecule has 0 aliphatic rings. The molecular formula is C95H89Br2ClN12O16. The zero-order chi connectivity index (χ0) is 90.6. The fourth-order valence-electron chi connectivity index (χ4n) is 13.6. The van der Waals surface area contributed by atoms with Gasteiger partial charge in [0.05, 0.1) is 94.7 Å². The molecule has 0 N–H and O–H groups in total. The number of ether oxygens (including phenoxy) is 1. The lowest BCUT2D eigenvalue weighted by molar-refractivity contribution is -0.0758. The second-order valence-electron chi connectivity index (χ2n) is 28.3. The summed E-state index contributed by atoms with van der Waals surface area (Å²) in [5.41, 5.74) is 8.23. The van der Waals surface area contributed by atoms with Crippen LogP contribution in [0.4, 0.5) is 0 Å². The van der Waals surface area contributed by atoms with Crippen molar-refractivity contribution in [3.8, 4) is 5.75 Å². The number of rotatable bonds is 21. The number of aromatic nitrogens is 7. The van der Waals surface area contributed by atoms with Crippen molar-refractivity contribution in [3.05, 3.63) is 388 Å². The van der Waals surface area contributed by atoms with Crippen molar-refractivity contribution in [1.29, 1.82) is 0 Å². The van der Waals surface area contributed by atoms with Crippen molar-refractivity contribution in [3.63, 3.8) is 0 Å². The molecule has 7 aromatic heterocycles. The second kappa shape index (κ2) is 43.1. The van der Waals surface area contributed by atoms with Crippen LogP contribution in [-0.4, -0.2) is 166 Å². The first kappa shape index (κ1) is 93.0. The molecule has 31 heteroatoms. The Morgan fingerprint density at radius 3 is 0.913 bits per heavy atom. The number of aryl methyl sites for hydroxylation is 1. The second-order valence-corrected chi connectivity index (χ2v) is 30.5. The average Bonchev–Trinajstić information content (AvgIpc) is 0.797. The number of amides is 5. The van der Waals surface area contributed by atoms with Crippen LogP contribution in [0.3, 0.4) is 0 Å². The molecule has 0 saturated carbocycles. The van der Waals surface area contributed by atoms with Crippen LogP contribution in [0.5, 0.6) is 5.75 Å². The van der Waals surface area contributed by atoms with E-state index < -0.39 is 29.5 Å². The van der Waals surface area contributed by atoms with Gasteiger partial charge in [0.25, 0.3) is 29.5 Å². The molecule has 0 spiro atoms. The van der Waals surface area contributed by atoms with Crippen molar-refractivity contribution in [2.24, 2.45) is 0 Å². The molecule has 15 aromatic rings. The number of pyridine rings is 7. The maximum atomic E-state index is 12.7. The molecule has 0 fully saturated rings. The molecule has 0 bridgehead atoms. The highest BCUT2D eigenvalue weighted by molar-refractivity contribution is 9.10. The lowest BCUT2D eigenvalue weighted by atomic mass is 10.1. The first-order valence-corrected chi connectivity index (χ1v) is 40.9. The predicted molar refractivity (Wildman–Crippen MR) is 492 cm³/mol. The Balaban J connectivity index is 0.000000153. The van der Waals surface area contributed by atoms with E-state index in [0.29, 0.717) is 64.7 Å². The van der Waals surface area contributed by atoms with Crippen LogP contribution < -0.4 is 31.9 Å². The van der Waals surface area contributed by atoms with Crippen LogP contribution in [0.25, 0.3) is 54.5 Å². The van der Waals surface area contributed by atoms with Crippen LogP contribution in [0.15, 0.2) is 295 Å². The third-order valence-corrected chi connectivity index (χ3v) is 21.4. The summed E-state index contributed by atoms with van der Waals surface area (Å²) < 4.78 is 16.3. The summed E-state index contributed by atoms with van der Waals surface area (Å²) in [5.74, 6) is -1.64. The van der Waals surface area contributed by atoms with Crippen LogP contribution in [0.1, 0.15) is 85.6 Å². The highest BCUT2D eigenvalue weighted by atomic mass is 79.9. The van der Waals surface area contributed by atoms with E-state index in [0.717, 1.165) is 101 Å². The maximum Gasteiger partial charge on any atom is 0.282 e. The van der Waals surface area contributed by atoms with E-state index in [1.807, 2.05) is 194 Å². The van der Waals surface area contributed by atoms with E-state index in [1.54, 1.807) is 105 Å². The van der Waals surface area contributed by atoms with Gasteiger partial charge in [-0.25, -0.2) is 30.3 Å². The molecule has 0 aliphatic heterocycles. The van der Waals surface area contributed by atoms with Gasteiger partial charge < -0.3 is 27.6 Å². The predicted octanol–water partition coefficient (Wildman–Crippen LogP) is 14.7. The van der Waals surface area contributed by atoms with E-state index in [1.165, 1.54) is 70.8 Å². The van der Waals surface area contributed by atoms with Gasteiger partial charge in [-0.05, 0) is 161 Å². The zero-order valence-electron chi connectivity index (χ0n) is 70.9. The van der Waals surface area contributed by atoms with Gasteiger partial charge in [-0.1, -0.05) is 137 Å². The molecule has 0 saturated heterocycles. The van der Waals surface area contributed by atoms with E-state index in [4.69, 9.17) is 40.5 Å². The zero-order valence-corrected chi connectivity index (χ0v) is 74.8. The molecule has 5 amide bonds. The largest absolute Gasteiger partial charge is 0.497 e. The van der Waals surface area contributed by atoms with Crippen LogP contribution >= 0.6 is 43.5 Å². The number of halogens is 3. The number of para-hydroxylation sites is 5. The Bertz CT molecular complexity index is 6230. The number of nitrogens with zero attached hydrogens (tertiary/aromatic N) is 12. The number of fused-ring (bicyclic) bond motifs is 5. The molecule has 28 nitrogen and oxygen atoms in total. The Hall–Kier alpha value is -13.7. The van der Waals surface area contributed by atoms with Gasteiger partial charge >= 0.3 is 0 Å². The monoisotopic (exact) mass is 1850 g/mol. The molecule has 0 radical (unpaired) electrons. The van der Waals surface area contributed by atoms with E-state index >= 15 is 0 Å². The van der Waals surface area contributed by atoms with Gasteiger partial charge in [-0.2, -0.15) is 0 Å². The molecule has 0 unspecified atom stereocenters. The summed E-state index contributed by atoms with van der Waals surface area (Å²) in [6.07, 6.45) is 7.90. The highest BCUT2D eigenvalue weighted by Gasteiger charge is 2.25. The molecular weight excluding hydrogens is 1760 g/mol. The molecule has 126 heavy (non-hydrogen) atoms. The van der Waals surface area contributed by atoms with E-state index in [2.05, 4.69) is 41.8 Å². The number of carbonyl (C=O) groups excluding carboxylic acids is 5. The van der Waals surface area contributed by atoms with Crippen LogP contribution in [0, 0.1) is 6.92 Å². The minimum absolute atomic E-state index is 0.0537. The van der Waals surface area contributed by atoms with E-state index in [9.17, 15) is 47.9 Å².